The van der Waals surface area contributed by atoms with Crippen LogP contribution in [0.15, 0.2) is 0 Å². The highest BCUT2D eigenvalue weighted by Crippen LogP contribution is 2.05. The molecular weight excluding hydrogens is 180 g/mol. The minimum absolute atomic E-state index is 0.809. The molecule has 0 spiro atoms. The molecule has 0 amide bonds. The molecule has 0 unspecified atom stereocenters. The minimum atomic E-state index is 0.809. The van der Waals surface area contributed by atoms with Gasteiger partial charge in [-0.2, -0.15) is 0 Å². The number of nitrogens with one attached hydrogen (secondary N) is 1. The molecule has 1 saturated heterocycles. The van der Waals surface area contributed by atoms with Crippen molar-refractivity contribution in [1.29, 1.82) is 0 Å². The Bertz CT molecular complexity index is 132. The molecule has 0 bridgehead atoms. The lowest BCUT2D eigenvalue weighted by atomic mass is 10.0. The summed E-state index contributed by atoms with van der Waals surface area (Å²) in [6.07, 6.45) is 0. The molecule has 14 heavy (non-hydrogen) atoms. The second-order valence-corrected chi connectivity index (χ2v) is 3.81. The Morgan fingerprint density at radius 1 is 1.14 bits per heavy atom. The van der Waals surface area contributed by atoms with Crippen LogP contribution in [0.1, 0.15) is 0 Å². The van der Waals surface area contributed by atoms with Crippen LogP contribution in [0.2, 0.25) is 0 Å². The summed E-state index contributed by atoms with van der Waals surface area (Å²) < 4.78 is 10.2. The molecule has 1 N–H and O–H groups in total. The second kappa shape index (κ2) is 7.17. The third kappa shape index (κ3) is 4.37. The summed E-state index contributed by atoms with van der Waals surface area (Å²) in [4.78, 5) is 2.42. The first-order valence-corrected chi connectivity index (χ1v) is 5.27. The molecule has 1 aliphatic heterocycles. The topological polar surface area (TPSA) is 33.7 Å². The molecule has 0 radical (unpaired) electrons. The fourth-order valence-electron chi connectivity index (χ4n) is 1.58. The highest BCUT2D eigenvalue weighted by atomic mass is 16.5. The van der Waals surface area contributed by atoms with Gasteiger partial charge in [0.2, 0.25) is 0 Å². The van der Waals surface area contributed by atoms with Crippen LogP contribution in [0.4, 0.5) is 0 Å². The Morgan fingerprint density at radius 3 is 2.07 bits per heavy atom. The molecule has 1 rings (SSSR count). The molecule has 84 valence electrons. The average Bonchev–Trinajstić information content (AvgIpc) is 2.14. The van der Waals surface area contributed by atoms with Gasteiger partial charge in [0.25, 0.3) is 0 Å². The van der Waals surface area contributed by atoms with Gasteiger partial charge in [0.15, 0.2) is 0 Å². The first-order chi connectivity index (χ1) is 6.86. The molecule has 0 aromatic heterocycles. The van der Waals surface area contributed by atoms with Crippen molar-refractivity contribution in [2.75, 3.05) is 60.2 Å². The van der Waals surface area contributed by atoms with Crippen molar-refractivity contribution in [2.24, 2.45) is 5.92 Å². The monoisotopic (exact) mass is 202 g/mol. The molecule has 4 heteroatoms. The first-order valence-electron chi connectivity index (χ1n) is 5.27. The van der Waals surface area contributed by atoms with Gasteiger partial charge in [0, 0.05) is 46.9 Å². The lowest BCUT2D eigenvalue weighted by molar-refractivity contribution is 0.0961. The lowest BCUT2D eigenvalue weighted by Crippen LogP contribution is -2.49. The zero-order valence-electron chi connectivity index (χ0n) is 9.29. The summed E-state index contributed by atoms with van der Waals surface area (Å²) >= 11 is 0. The molecule has 1 aliphatic rings. The number of ether oxygens (including phenoxy) is 2. The number of hydrogen-bond acceptors (Lipinski definition) is 4. The summed E-state index contributed by atoms with van der Waals surface area (Å²) in [7, 11) is 3.50. The van der Waals surface area contributed by atoms with Gasteiger partial charge in [-0.3, -0.25) is 4.90 Å². The van der Waals surface area contributed by atoms with Gasteiger partial charge < -0.3 is 14.8 Å². The molecule has 0 aromatic rings. The maximum absolute atomic E-state index is 5.09. The van der Waals surface area contributed by atoms with E-state index >= 15 is 0 Å². The van der Waals surface area contributed by atoms with Gasteiger partial charge in [-0.15, -0.1) is 0 Å². The van der Waals surface area contributed by atoms with E-state index in [2.05, 4.69) is 10.2 Å². The van der Waals surface area contributed by atoms with Crippen LogP contribution in [-0.4, -0.2) is 65.1 Å². The number of nitrogens with zero attached hydrogens (tertiary/aromatic N) is 1. The highest BCUT2D eigenvalue weighted by Gasteiger charge is 2.19. The van der Waals surface area contributed by atoms with Crippen LogP contribution in [0.3, 0.4) is 0 Å². The van der Waals surface area contributed by atoms with E-state index in [0.717, 1.165) is 45.3 Å². The Kier molecular flexibility index (Phi) is 6.10. The zero-order valence-corrected chi connectivity index (χ0v) is 9.29. The van der Waals surface area contributed by atoms with Gasteiger partial charge in [-0.05, 0) is 5.92 Å². The van der Waals surface area contributed by atoms with E-state index in [9.17, 15) is 0 Å². The van der Waals surface area contributed by atoms with Gasteiger partial charge in [-0.1, -0.05) is 0 Å². The van der Waals surface area contributed by atoms with Crippen molar-refractivity contribution in [2.45, 2.75) is 0 Å². The Hall–Kier alpha value is -0.160. The van der Waals surface area contributed by atoms with Crippen LogP contribution < -0.4 is 5.32 Å². The normalized spacial score (nSPS) is 17.4. The predicted molar refractivity (Wildman–Crippen MR) is 56.6 cm³/mol. The number of hydrogen-bond donors (Lipinski definition) is 1. The summed E-state index contributed by atoms with van der Waals surface area (Å²) in [6.45, 7) is 7.13. The largest absolute Gasteiger partial charge is 0.383 e. The third-order valence-corrected chi connectivity index (χ3v) is 2.61. The molecule has 0 saturated carbocycles. The zero-order chi connectivity index (χ0) is 10.2. The molecule has 1 fully saturated rings. The lowest BCUT2D eigenvalue weighted by Gasteiger charge is -2.33. The second-order valence-electron chi connectivity index (χ2n) is 3.81. The van der Waals surface area contributed by atoms with Crippen LogP contribution in [0.5, 0.6) is 0 Å². The summed E-state index contributed by atoms with van der Waals surface area (Å²) in [5, 5.41) is 3.29. The van der Waals surface area contributed by atoms with Crippen molar-refractivity contribution >= 4 is 0 Å². The predicted octanol–water partition coefficient (Wildman–Crippen LogP) is -0.199. The quantitative estimate of drug-likeness (QED) is 0.591. The average molecular weight is 202 g/mol. The van der Waals surface area contributed by atoms with E-state index in [1.807, 2.05) is 0 Å². The summed E-state index contributed by atoms with van der Waals surface area (Å²) in [5.41, 5.74) is 0. The standard InChI is InChI=1S/C10H22N2O2/c1-13-5-3-12(4-6-14-2)9-10-7-11-8-10/h10-11H,3-9H2,1-2H3. The van der Waals surface area contributed by atoms with E-state index in [0.29, 0.717) is 0 Å². The maximum atomic E-state index is 5.09. The van der Waals surface area contributed by atoms with E-state index in [-0.39, 0.29) is 0 Å². The van der Waals surface area contributed by atoms with E-state index < -0.39 is 0 Å². The van der Waals surface area contributed by atoms with E-state index in [1.165, 1.54) is 6.54 Å². The summed E-state index contributed by atoms with van der Waals surface area (Å²) in [6, 6.07) is 0. The Labute approximate surface area is 86.6 Å². The van der Waals surface area contributed by atoms with E-state index in [4.69, 9.17) is 9.47 Å². The maximum Gasteiger partial charge on any atom is 0.0589 e. The van der Waals surface area contributed by atoms with Crippen molar-refractivity contribution in [3.8, 4) is 0 Å². The number of methoxy groups -OCH3 is 2. The van der Waals surface area contributed by atoms with Crippen LogP contribution >= 0.6 is 0 Å². The minimum Gasteiger partial charge on any atom is -0.383 e. The third-order valence-electron chi connectivity index (χ3n) is 2.61. The van der Waals surface area contributed by atoms with Crippen molar-refractivity contribution in [3.05, 3.63) is 0 Å². The fraction of sp³-hybridized carbons (Fsp3) is 1.00. The van der Waals surface area contributed by atoms with Crippen molar-refractivity contribution in [3.63, 3.8) is 0 Å². The summed E-state index contributed by atoms with van der Waals surface area (Å²) in [5.74, 6) is 0.823. The number of rotatable bonds is 8. The van der Waals surface area contributed by atoms with Crippen LogP contribution in [0, 0.1) is 5.92 Å². The Morgan fingerprint density at radius 2 is 1.71 bits per heavy atom. The van der Waals surface area contributed by atoms with Gasteiger partial charge in [0.1, 0.15) is 0 Å². The molecule has 0 aromatic carbocycles. The highest BCUT2D eigenvalue weighted by molar-refractivity contribution is 4.78. The van der Waals surface area contributed by atoms with Gasteiger partial charge >= 0.3 is 0 Å². The van der Waals surface area contributed by atoms with Gasteiger partial charge in [-0.25, -0.2) is 0 Å². The molecule has 0 atom stereocenters. The molecular formula is C10H22N2O2. The fourth-order valence-corrected chi connectivity index (χ4v) is 1.58. The van der Waals surface area contributed by atoms with Crippen molar-refractivity contribution < 1.29 is 9.47 Å². The molecule has 0 aliphatic carbocycles. The first kappa shape index (κ1) is 11.9. The molecule has 4 nitrogen and oxygen atoms in total. The van der Waals surface area contributed by atoms with Gasteiger partial charge in [0.05, 0.1) is 13.2 Å². The van der Waals surface area contributed by atoms with E-state index in [1.54, 1.807) is 14.2 Å². The smallest absolute Gasteiger partial charge is 0.0589 e. The van der Waals surface area contributed by atoms with Crippen LogP contribution in [-0.2, 0) is 9.47 Å². The molecule has 1 heterocycles. The van der Waals surface area contributed by atoms with Crippen molar-refractivity contribution in [1.82, 2.24) is 10.2 Å². The Balaban J connectivity index is 2.12. The SMILES string of the molecule is COCCN(CCOC)CC1CNC1. The van der Waals surface area contributed by atoms with Crippen LogP contribution in [0.25, 0.3) is 0 Å².